The van der Waals surface area contributed by atoms with Gasteiger partial charge in [0.1, 0.15) is 12.2 Å². The summed E-state index contributed by atoms with van der Waals surface area (Å²) < 4.78 is 10.8. The lowest BCUT2D eigenvalue weighted by atomic mass is 9.96. The molecule has 0 amide bonds. The zero-order valence-electron chi connectivity index (χ0n) is 11.2. The fraction of sp³-hybridized carbons (Fsp3) is 0.846. The number of nitrogens with zero attached hydrogens (tertiary/aromatic N) is 1. The van der Waals surface area contributed by atoms with Gasteiger partial charge in [-0.05, 0) is 32.7 Å². The Bertz CT molecular complexity index is 312. The van der Waals surface area contributed by atoms with Crippen LogP contribution < -0.4 is 0 Å². The monoisotopic (exact) mass is 255 g/mol. The van der Waals surface area contributed by atoms with E-state index in [1.165, 1.54) is 13.8 Å². The second-order valence-electron chi connectivity index (χ2n) is 5.25. The maximum Gasteiger partial charge on any atom is 0.302 e. The lowest BCUT2D eigenvalue weighted by Gasteiger charge is -2.29. The topological polar surface area (TPSA) is 55.8 Å². The lowest BCUT2D eigenvalue weighted by Crippen LogP contribution is -2.43. The van der Waals surface area contributed by atoms with Crippen molar-refractivity contribution in [3.8, 4) is 0 Å². The molecule has 0 spiro atoms. The highest BCUT2D eigenvalue weighted by molar-refractivity contribution is 5.66. The molecule has 0 radical (unpaired) electrons. The second kappa shape index (κ2) is 5.26. The summed E-state index contributed by atoms with van der Waals surface area (Å²) in [6.07, 6.45) is 3.39. The van der Waals surface area contributed by atoms with Gasteiger partial charge in [0.15, 0.2) is 0 Å². The van der Waals surface area contributed by atoms with Crippen LogP contribution in [-0.4, -0.2) is 48.2 Å². The summed E-state index contributed by atoms with van der Waals surface area (Å²) in [5.41, 5.74) is 0. The van der Waals surface area contributed by atoms with Crippen LogP contribution in [-0.2, 0) is 19.1 Å². The van der Waals surface area contributed by atoms with Crippen molar-refractivity contribution in [2.45, 2.75) is 63.8 Å². The standard InChI is InChI=1S/C13H21NO4/c1-8(15)17-12-6-7-13(18-9(2)16)11-5-4-10(12)14(11)3/h10-13H,4-7H2,1-3H3. The summed E-state index contributed by atoms with van der Waals surface area (Å²) >= 11 is 0. The van der Waals surface area contributed by atoms with Crippen molar-refractivity contribution in [2.24, 2.45) is 0 Å². The van der Waals surface area contributed by atoms with Crippen molar-refractivity contribution in [3.63, 3.8) is 0 Å². The summed E-state index contributed by atoms with van der Waals surface area (Å²) in [5.74, 6) is -0.467. The molecule has 2 bridgehead atoms. The fourth-order valence-electron chi connectivity index (χ4n) is 3.31. The van der Waals surface area contributed by atoms with Crippen molar-refractivity contribution >= 4 is 11.9 Å². The van der Waals surface area contributed by atoms with Crippen LogP contribution in [0.4, 0.5) is 0 Å². The molecule has 4 atom stereocenters. The summed E-state index contributed by atoms with van der Waals surface area (Å²) in [6.45, 7) is 2.89. The van der Waals surface area contributed by atoms with Gasteiger partial charge < -0.3 is 9.47 Å². The van der Waals surface area contributed by atoms with E-state index >= 15 is 0 Å². The largest absolute Gasteiger partial charge is 0.461 e. The average Bonchev–Trinajstić information content (AvgIpc) is 2.57. The molecule has 0 saturated carbocycles. The Labute approximate surface area is 107 Å². The minimum Gasteiger partial charge on any atom is -0.461 e. The molecule has 5 nitrogen and oxygen atoms in total. The molecule has 2 aliphatic heterocycles. The van der Waals surface area contributed by atoms with Gasteiger partial charge in [-0.1, -0.05) is 0 Å². The third kappa shape index (κ3) is 2.66. The maximum absolute atomic E-state index is 11.1. The van der Waals surface area contributed by atoms with Gasteiger partial charge in [-0.25, -0.2) is 0 Å². The third-order valence-electron chi connectivity index (χ3n) is 4.03. The Hall–Kier alpha value is -1.10. The van der Waals surface area contributed by atoms with Crippen LogP contribution >= 0.6 is 0 Å². The van der Waals surface area contributed by atoms with E-state index < -0.39 is 0 Å². The van der Waals surface area contributed by atoms with Gasteiger partial charge >= 0.3 is 11.9 Å². The van der Waals surface area contributed by atoms with E-state index in [9.17, 15) is 9.59 Å². The third-order valence-corrected chi connectivity index (χ3v) is 4.03. The highest BCUT2D eigenvalue weighted by Gasteiger charge is 2.45. The Kier molecular flexibility index (Phi) is 3.90. The van der Waals surface area contributed by atoms with Gasteiger partial charge in [-0.15, -0.1) is 0 Å². The van der Waals surface area contributed by atoms with Crippen molar-refractivity contribution in [1.29, 1.82) is 0 Å². The molecule has 0 aromatic heterocycles. The van der Waals surface area contributed by atoms with Crippen LogP contribution in [0.15, 0.2) is 0 Å². The number of hydrogen-bond acceptors (Lipinski definition) is 5. The number of rotatable bonds is 2. The Morgan fingerprint density at radius 1 is 0.889 bits per heavy atom. The first-order valence-corrected chi connectivity index (χ1v) is 6.55. The van der Waals surface area contributed by atoms with Crippen molar-refractivity contribution in [2.75, 3.05) is 7.05 Å². The SMILES string of the molecule is CC(=O)OC1CCC(OC(C)=O)C2CCC1N2C. The van der Waals surface area contributed by atoms with E-state index in [0.717, 1.165) is 25.7 Å². The number of ether oxygens (including phenoxy) is 2. The summed E-state index contributed by atoms with van der Waals surface area (Å²) in [7, 11) is 2.03. The van der Waals surface area contributed by atoms with E-state index in [0.29, 0.717) is 0 Å². The van der Waals surface area contributed by atoms with E-state index in [1.54, 1.807) is 0 Å². The van der Waals surface area contributed by atoms with E-state index in [2.05, 4.69) is 4.90 Å². The molecular formula is C13H21NO4. The van der Waals surface area contributed by atoms with Crippen molar-refractivity contribution < 1.29 is 19.1 Å². The quantitative estimate of drug-likeness (QED) is 0.692. The highest BCUT2D eigenvalue weighted by Crippen LogP contribution is 2.35. The maximum atomic E-state index is 11.1. The van der Waals surface area contributed by atoms with Crippen LogP contribution in [0.1, 0.15) is 39.5 Å². The van der Waals surface area contributed by atoms with Gasteiger partial charge in [0.05, 0.1) is 0 Å². The number of esters is 2. The first-order valence-electron chi connectivity index (χ1n) is 6.55. The Morgan fingerprint density at radius 3 is 1.61 bits per heavy atom. The zero-order chi connectivity index (χ0) is 13.3. The minimum atomic E-state index is -0.234. The molecule has 0 N–H and O–H groups in total. The van der Waals surface area contributed by atoms with Crippen LogP contribution in [0.3, 0.4) is 0 Å². The molecule has 4 unspecified atom stereocenters. The molecule has 2 rings (SSSR count). The molecule has 2 fully saturated rings. The molecular weight excluding hydrogens is 234 g/mol. The summed E-state index contributed by atoms with van der Waals surface area (Å²) in [6, 6.07) is 0.527. The normalized spacial score (nSPS) is 35.9. The van der Waals surface area contributed by atoms with Crippen molar-refractivity contribution in [3.05, 3.63) is 0 Å². The molecule has 0 aromatic carbocycles. The Morgan fingerprint density at radius 2 is 1.28 bits per heavy atom. The number of likely N-dealkylation sites (N-methyl/N-ethyl adjacent to an activating group) is 1. The van der Waals surface area contributed by atoms with Gasteiger partial charge in [0.25, 0.3) is 0 Å². The number of hydrogen-bond donors (Lipinski definition) is 0. The number of carbonyl (C=O) groups is 2. The predicted molar refractivity (Wildman–Crippen MR) is 64.9 cm³/mol. The fourth-order valence-corrected chi connectivity index (χ4v) is 3.31. The van der Waals surface area contributed by atoms with E-state index in [1.807, 2.05) is 7.05 Å². The summed E-state index contributed by atoms with van der Waals surface area (Å²) in [5, 5.41) is 0. The average molecular weight is 255 g/mol. The molecule has 2 heterocycles. The van der Waals surface area contributed by atoms with Gasteiger partial charge in [-0.3, -0.25) is 14.5 Å². The molecule has 2 aliphatic rings. The van der Waals surface area contributed by atoms with Gasteiger partial charge in [0.2, 0.25) is 0 Å². The van der Waals surface area contributed by atoms with Gasteiger partial charge in [0, 0.05) is 25.9 Å². The smallest absolute Gasteiger partial charge is 0.302 e. The predicted octanol–water partition coefficient (Wildman–Crippen LogP) is 1.11. The van der Waals surface area contributed by atoms with E-state index in [4.69, 9.17) is 9.47 Å². The van der Waals surface area contributed by atoms with Crippen LogP contribution in [0, 0.1) is 0 Å². The molecule has 5 heteroatoms. The number of carbonyl (C=O) groups excluding carboxylic acids is 2. The molecule has 0 aromatic rings. The first-order chi connectivity index (χ1) is 8.49. The molecule has 18 heavy (non-hydrogen) atoms. The molecule has 2 saturated heterocycles. The lowest BCUT2D eigenvalue weighted by molar-refractivity contribution is -0.150. The minimum absolute atomic E-state index is 0.0712. The second-order valence-corrected chi connectivity index (χ2v) is 5.25. The molecule has 0 aliphatic carbocycles. The molecule has 102 valence electrons. The number of fused-ring (bicyclic) bond motifs is 2. The summed E-state index contributed by atoms with van der Waals surface area (Å²) in [4.78, 5) is 24.5. The zero-order valence-corrected chi connectivity index (χ0v) is 11.2. The van der Waals surface area contributed by atoms with Gasteiger partial charge in [-0.2, -0.15) is 0 Å². The Balaban J connectivity index is 2.10. The highest BCUT2D eigenvalue weighted by atomic mass is 16.6. The van der Waals surface area contributed by atoms with E-state index in [-0.39, 0.29) is 36.2 Å². The van der Waals surface area contributed by atoms with Crippen LogP contribution in [0.25, 0.3) is 0 Å². The van der Waals surface area contributed by atoms with Crippen LogP contribution in [0.5, 0.6) is 0 Å². The van der Waals surface area contributed by atoms with Crippen LogP contribution in [0.2, 0.25) is 0 Å². The first kappa shape index (κ1) is 13.3. The van der Waals surface area contributed by atoms with Crippen molar-refractivity contribution in [1.82, 2.24) is 4.90 Å².